The summed E-state index contributed by atoms with van der Waals surface area (Å²) >= 11 is 0. The molecule has 0 fully saturated rings. The molecule has 0 unspecified atom stereocenters. The Labute approximate surface area is 146 Å². The molecule has 0 aromatic heterocycles. The highest BCUT2D eigenvalue weighted by atomic mass is 32.2. The van der Waals surface area contributed by atoms with Gasteiger partial charge >= 0.3 is 47.0 Å². The molecule has 176 valence electrons. The third kappa shape index (κ3) is 3.26. The van der Waals surface area contributed by atoms with Crippen molar-refractivity contribution in [1.82, 2.24) is 0 Å². The largest absolute Gasteiger partial charge is 0.747 e. The first-order valence-electron chi connectivity index (χ1n) is 5.67. The molecule has 3 nitrogen and oxygen atoms in total. The molecule has 0 atom stereocenters. The van der Waals surface area contributed by atoms with E-state index in [9.17, 15) is 87.6 Å². The highest BCUT2D eigenvalue weighted by Crippen LogP contribution is 2.66. The number of alkyl halides is 17. The lowest BCUT2D eigenvalue weighted by Gasteiger charge is -2.47. The van der Waals surface area contributed by atoms with Crippen LogP contribution in [0.2, 0.25) is 0 Å². The van der Waals surface area contributed by atoms with Crippen LogP contribution in [0, 0.1) is 0 Å². The lowest BCUT2D eigenvalue weighted by Crippen LogP contribution is -2.80. The molecule has 0 N–H and O–H groups in total. The topological polar surface area (TPSA) is 57.2 Å². The molecule has 0 amide bonds. The van der Waals surface area contributed by atoms with Gasteiger partial charge in [0.2, 0.25) is 0 Å². The van der Waals surface area contributed by atoms with Crippen molar-refractivity contribution in [3.05, 3.63) is 0 Å². The lowest BCUT2D eigenvalue weighted by molar-refractivity contribution is -0.443. The molecule has 0 aliphatic carbocycles. The highest BCUT2D eigenvalue weighted by Gasteiger charge is 2.98. The van der Waals surface area contributed by atoms with Gasteiger partial charge < -0.3 is 4.55 Å². The van der Waals surface area contributed by atoms with Crippen molar-refractivity contribution in [3.63, 3.8) is 0 Å². The first kappa shape index (κ1) is 27.7. The molecular formula is C8F17O3S-. The van der Waals surface area contributed by atoms with Crippen molar-refractivity contribution >= 4 is 10.1 Å². The van der Waals surface area contributed by atoms with Crippen molar-refractivity contribution in [3.8, 4) is 0 Å². The monoisotopic (exact) mass is 499 g/mol. The van der Waals surface area contributed by atoms with E-state index in [0.717, 1.165) is 0 Å². The Bertz CT molecular complexity index is 709. The Morgan fingerprint density at radius 2 is 0.655 bits per heavy atom. The van der Waals surface area contributed by atoms with E-state index in [1.807, 2.05) is 0 Å². The van der Waals surface area contributed by atoms with Crippen LogP contribution in [0.15, 0.2) is 0 Å². The first-order valence-corrected chi connectivity index (χ1v) is 7.08. The SMILES string of the molecule is O=S(=O)([O-])C(C(F)(F)F)(C(F)(F)F)C(F)(F)C(F)(F)C(F)(F)C(F)(F)C(F)(F)F. The van der Waals surface area contributed by atoms with Crippen molar-refractivity contribution in [1.29, 1.82) is 0 Å². The minimum absolute atomic E-state index is 7.97. The summed E-state index contributed by atoms with van der Waals surface area (Å²) in [7, 11) is -9.01. The molecule has 0 bridgehead atoms. The molecule has 29 heavy (non-hydrogen) atoms. The molecule has 0 rings (SSSR count). The summed E-state index contributed by atoms with van der Waals surface area (Å²) in [5.74, 6) is -35.5. The predicted octanol–water partition coefficient (Wildman–Crippen LogP) is 4.50. The summed E-state index contributed by atoms with van der Waals surface area (Å²) in [6.07, 6.45) is -24.9. The van der Waals surface area contributed by atoms with Gasteiger partial charge in [0.15, 0.2) is 0 Å². The zero-order valence-electron chi connectivity index (χ0n) is 12.1. The van der Waals surface area contributed by atoms with Crippen molar-refractivity contribution in [2.24, 2.45) is 0 Å². The van der Waals surface area contributed by atoms with Crippen LogP contribution in [0.1, 0.15) is 0 Å². The van der Waals surface area contributed by atoms with Gasteiger partial charge in [0.05, 0.1) is 0 Å². The summed E-state index contributed by atoms with van der Waals surface area (Å²) in [6, 6.07) is 0. The van der Waals surface area contributed by atoms with Crippen LogP contribution >= 0.6 is 0 Å². The second kappa shape index (κ2) is 6.36. The average molecular weight is 499 g/mol. The fraction of sp³-hybridized carbons (Fsp3) is 1.00. The van der Waals surface area contributed by atoms with Gasteiger partial charge in [0.25, 0.3) is 0 Å². The Morgan fingerprint density at radius 3 is 0.828 bits per heavy atom. The smallest absolute Gasteiger partial charge is 0.460 e. The van der Waals surface area contributed by atoms with E-state index in [0.29, 0.717) is 0 Å². The van der Waals surface area contributed by atoms with Crippen molar-refractivity contribution < 1.29 is 87.6 Å². The molecule has 0 spiro atoms. The maximum absolute atomic E-state index is 13.5. The van der Waals surface area contributed by atoms with Crippen molar-refractivity contribution in [2.45, 2.75) is 47.0 Å². The van der Waals surface area contributed by atoms with E-state index >= 15 is 0 Å². The van der Waals surface area contributed by atoms with Gasteiger partial charge in [-0.15, -0.1) is 0 Å². The lowest BCUT2D eigenvalue weighted by atomic mass is 9.87. The minimum atomic E-state index is -9.14. The molecule has 0 aromatic rings. The van der Waals surface area contributed by atoms with Crippen LogP contribution < -0.4 is 0 Å². The maximum atomic E-state index is 13.5. The number of rotatable bonds is 5. The molecule has 0 aliphatic heterocycles. The second-order valence-corrected chi connectivity index (χ2v) is 6.45. The highest BCUT2D eigenvalue weighted by molar-refractivity contribution is 7.87. The average Bonchev–Trinajstić information content (AvgIpc) is 2.30. The predicted molar refractivity (Wildman–Crippen MR) is 50.4 cm³/mol. The van der Waals surface area contributed by atoms with Crippen LogP contribution in [-0.4, -0.2) is 59.9 Å². The van der Waals surface area contributed by atoms with Crippen LogP contribution in [-0.2, 0) is 10.1 Å². The minimum Gasteiger partial charge on any atom is -0.747 e. The number of halogens is 17. The fourth-order valence-corrected chi connectivity index (χ4v) is 2.76. The zero-order chi connectivity index (χ0) is 24.5. The van der Waals surface area contributed by atoms with Gasteiger partial charge in [0, 0.05) is 0 Å². The zero-order valence-corrected chi connectivity index (χ0v) is 12.9. The summed E-state index contributed by atoms with van der Waals surface area (Å²) in [6.45, 7) is 0. The van der Waals surface area contributed by atoms with Gasteiger partial charge in [-0.25, -0.2) is 8.42 Å². The Hall–Kier alpha value is -1.28. The van der Waals surface area contributed by atoms with E-state index in [1.165, 1.54) is 0 Å². The van der Waals surface area contributed by atoms with Crippen LogP contribution in [0.3, 0.4) is 0 Å². The van der Waals surface area contributed by atoms with Gasteiger partial charge in [-0.3, -0.25) is 0 Å². The second-order valence-electron chi connectivity index (χ2n) is 4.93. The summed E-state index contributed by atoms with van der Waals surface area (Å²) in [4.78, 5) is 0. The Balaban J connectivity index is 7.56. The van der Waals surface area contributed by atoms with Gasteiger partial charge in [-0.1, -0.05) is 0 Å². The molecule has 0 saturated heterocycles. The summed E-state index contributed by atoms with van der Waals surface area (Å²) in [5.41, 5.74) is 0. The van der Waals surface area contributed by atoms with E-state index in [-0.39, 0.29) is 0 Å². The van der Waals surface area contributed by atoms with Crippen molar-refractivity contribution in [2.75, 3.05) is 0 Å². The molecule has 21 heteroatoms. The van der Waals surface area contributed by atoms with Crippen LogP contribution in [0.4, 0.5) is 74.6 Å². The van der Waals surface area contributed by atoms with E-state index in [2.05, 4.69) is 0 Å². The van der Waals surface area contributed by atoms with E-state index < -0.39 is 57.1 Å². The number of hydrogen-bond donors (Lipinski definition) is 0. The van der Waals surface area contributed by atoms with Gasteiger partial charge in [-0.05, 0) is 0 Å². The molecule has 0 saturated carbocycles. The normalized spacial score (nSPS) is 16.9. The van der Waals surface area contributed by atoms with E-state index in [1.54, 1.807) is 0 Å². The molecule has 0 radical (unpaired) electrons. The fourth-order valence-electron chi connectivity index (χ4n) is 1.75. The summed E-state index contributed by atoms with van der Waals surface area (Å²) < 4.78 is 237. The van der Waals surface area contributed by atoms with Gasteiger partial charge in [0.1, 0.15) is 10.1 Å². The molecule has 0 aliphatic rings. The molecular weight excluding hydrogens is 499 g/mol. The maximum Gasteiger partial charge on any atom is 0.460 e. The van der Waals surface area contributed by atoms with Gasteiger partial charge in [-0.2, -0.15) is 74.6 Å². The molecule has 0 heterocycles. The van der Waals surface area contributed by atoms with Crippen LogP contribution in [0.25, 0.3) is 0 Å². The van der Waals surface area contributed by atoms with Crippen LogP contribution in [0.5, 0.6) is 0 Å². The van der Waals surface area contributed by atoms with E-state index in [4.69, 9.17) is 0 Å². The number of hydrogen-bond acceptors (Lipinski definition) is 3. The standard InChI is InChI=1S/C8HF17O3S/c9-2(10,1(6(17,18)19,7(20,21)22)29(26,27)28)3(11,12)4(13,14)5(15,16)8(23,24)25/h(H,26,27,28)/p-1. The quantitative estimate of drug-likeness (QED) is 0.414. The summed E-state index contributed by atoms with van der Waals surface area (Å²) in [5, 5.41) is 0. The Morgan fingerprint density at radius 1 is 0.414 bits per heavy atom. The third-order valence-electron chi connectivity index (χ3n) is 3.15. The Kier molecular flexibility index (Phi) is 6.08. The molecule has 0 aromatic carbocycles. The third-order valence-corrected chi connectivity index (χ3v) is 4.62. The first-order chi connectivity index (χ1) is 12.0.